The molecule has 4 heteroatoms. The predicted octanol–water partition coefficient (Wildman–Crippen LogP) is 2.04. The van der Waals surface area contributed by atoms with E-state index in [9.17, 15) is 0 Å². The average Bonchev–Trinajstić information content (AvgIpc) is 2.29. The second kappa shape index (κ2) is 13.5. The molecule has 0 saturated carbocycles. The van der Waals surface area contributed by atoms with Gasteiger partial charge in [0.15, 0.2) is 0 Å². The summed E-state index contributed by atoms with van der Waals surface area (Å²) in [5.74, 6) is 0. The third-order valence-corrected chi connectivity index (χ3v) is 2.94. The molecule has 0 aromatic rings. The minimum atomic E-state index is 0. The van der Waals surface area contributed by atoms with Crippen molar-refractivity contribution < 1.29 is 18.6 Å². The van der Waals surface area contributed by atoms with E-state index in [1.807, 2.05) is 0 Å². The molecule has 0 amide bonds. The normalized spacial score (nSPS) is 10.9. The predicted molar refractivity (Wildman–Crippen MR) is 68.7 cm³/mol. The van der Waals surface area contributed by atoms with E-state index in [0.717, 1.165) is 52.4 Å². The summed E-state index contributed by atoms with van der Waals surface area (Å²) >= 11 is 0. The molecule has 0 atom stereocenters. The van der Waals surface area contributed by atoms with Crippen LogP contribution in [0.1, 0.15) is 27.7 Å². The number of hydrogen-bond acceptors (Lipinski definition) is 2. The first-order valence-electron chi connectivity index (χ1n) is 6.36. The van der Waals surface area contributed by atoms with Gasteiger partial charge < -0.3 is 15.1 Å². The fourth-order valence-corrected chi connectivity index (χ4v) is 1.62. The first-order valence-corrected chi connectivity index (χ1v) is 6.36. The average molecular weight is 265 g/mol. The van der Waals surface area contributed by atoms with Gasteiger partial charge in [0, 0.05) is 18.6 Å². The van der Waals surface area contributed by atoms with Crippen LogP contribution in [0.15, 0.2) is 0 Å². The van der Waals surface area contributed by atoms with E-state index >= 15 is 0 Å². The second-order valence-corrected chi connectivity index (χ2v) is 3.72. The van der Waals surface area contributed by atoms with E-state index in [2.05, 4.69) is 42.8 Å². The van der Waals surface area contributed by atoms with Crippen molar-refractivity contribution in [2.24, 2.45) is 0 Å². The molecule has 0 unspecified atom stereocenters. The van der Waals surface area contributed by atoms with Gasteiger partial charge in [-0.1, -0.05) is 27.7 Å². The number of nitrogens with zero attached hydrogens (tertiary/aromatic N) is 3. The Balaban J connectivity index is 0. The van der Waals surface area contributed by atoms with Gasteiger partial charge in [-0.05, 0) is 39.3 Å². The quantitative estimate of drug-likeness (QED) is 0.563. The first-order chi connectivity index (χ1) is 7.28. The minimum Gasteiger partial charge on any atom is -0.660 e. The third-order valence-electron chi connectivity index (χ3n) is 2.94. The molecule has 0 rings (SSSR count). The van der Waals surface area contributed by atoms with Gasteiger partial charge in [-0.25, -0.2) is 0 Å². The molecule has 0 heterocycles. The summed E-state index contributed by atoms with van der Waals surface area (Å²) in [5.41, 5.74) is 0. The molecule has 1 radical (unpaired) electrons. The van der Waals surface area contributed by atoms with Crippen LogP contribution in [0.4, 0.5) is 0 Å². The Labute approximate surface area is 114 Å². The summed E-state index contributed by atoms with van der Waals surface area (Å²) in [6.07, 6.45) is 0. The molecule has 0 aromatic heterocycles. The molecule has 0 N–H and O–H groups in total. The topological polar surface area (TPSA) is 20.6 Å². The van der Waals surface area contributed by atoms with Gasteiger partial charge in [0.2, 0.25) is 0 Å². The Morgan fingerprint density at radius 1 is 0.688 bits per heavy atom. The van der Waals surface area contributed by atoms with Crippen molar-refractivity contribution >= 4 is 0 Å². The molecule has 0 aliphatic carbocycles. The van der Waals surface area contributed by atoms with Crippen molar-refractivity contribution in [3.8, 4) is 0 Å². The summed E-state index contributed by atoms with van der Waals surface area (Å²) in [5, 5.41) is 4.56. The van der Waals surface area contributed by atoms with Crippen LogP contribution in [-0.4, -0.2) is 62.2 Å². The van der Waals surface area contributed by atoms with Crippen molar-refractivity contribution in [1.82, 2.24) is 9.80 Å². The molecular weight excluding hydrogens is 237 g/mol. The van der Waals surface area contributed by atoms with Crippen LogP contribution >= 0.6 is 0 Å². The zero-order valence-electron chi connectivity index (χ0n) is 11.4. The van der Waals surface area contributed by atoms with Gasteiger partial charge in [-0.2, -0.15) is 0 Å². The van der Waals surface area contributed by atoms with Gasteiger partial charge in [0.1, 0.15) is 0 Å². The maximum atomic E-state index is 4.56. The molecule has 16 heavy (non-hydrogen) atoms. The van der Waals surface area contributed by atoms with E-state index in [1.165, 1.54) is 0 Å². The summed E-state index contributed by atoms with van der Waals surface area (Å²) in [7, 11) is 0. The van der Waals surface area contributed by atoms with E-state index in [1.54, 1.807) is 0 Å². The van der Waals surface area contributed by atoms with Crippen molar-refractivity contribution in [2.75, 3.05) is 52.4 Å². The van der Waals surface area contributed by atoms with Crippen LogP contribution in [-0.2, 0) is 18.6 Å². The molecule has 0 fully saturated rings. The number of likely N-dealkylation sites (N-methyl/N-ethyl adjacent to an activating group) is 2. The van der Waals surface area contributed by atoms with Gasteiger partial charge in [0.05, 0.1) is 0 Å². The van der Waals surface area contributed by atoms with Crippen molar-refractivity contribution in [3.63, 3.8) is 0 Å². The van der Waals surface area contributed by atoms with Gasteiger partial charge in [-0.3, -0.25) is 0 Å². The fraction of sp³-hybridized carbons (Fsp3) is 1.00. The second-order valence-electron chi connectivity index (χ2n) is 3.72. The minimum absolute atomic E-state index is 0. The fourth-order valence-electron chi connectivity index (χ4n) is 1.62. The maximum absolute atomic E-state index is 4.56. The smallest absolute Gasteiger partial charge is 0 e. The van der Waals surface area contributed by atoms with Crippen LogP contribution in [0.25, 0.3) is 5.32 Å². The summed E-state index contributed by atoms with van der Waals surface area (Å²) in [6, 6.07) is 0. The Hall–Kier alpha value is 0.464. The summed E-state index contributed by atoms with van der Waals surface area (Å²) in [4.78, 5) is 4.84. The Kier molecular flexibility index (Phi) is 15.9. The largest absolute Gasteiger partial charge is 0.660 e. The Morgan fingerprint density at radius 3 is 1.25 bits per heavy atom. The van der Waals surface area contributed by atoms with Gasteiger partial charge >= 0.3 is 0 Å². The van der Waals surface area contributed by atoms with Crippen LogP contribution in [0.2, 0.25) is 0 Å². The standard InChI is InChI=1S/C12H28N3.V/c1-5-14(6-2)11-9-13-10-12-15(7-3)8-4;/h5-12H2,1-4H3;/q-1;. The van der Waals surface area contributed by atoms with E-state index in [-0.39, 0.29) is 18.6 Å². The molecular formula is C12H28N3V-. The zero-order chi connectivity index (χ0) is 11.5. The third kappa shape index (κ3) is 9.67. The zero-order valence-corrected chi connectivity index (χ0v) is 12.8. The number of rotatable bonds is 10. The molecule has 0 saturated heterocycles. The van der Waals surface area contributed by atoms with E-state index < -0.39 is 0 Å². The summed E-state index contributed by atoms with van der Waals surface area (Å²) < 4.78 is 0. The van der Waals surface area contributed by atoms with Crippen molar-refractivity contribution in [2.45, 2.75) is 27.7 Å². The molecule has 0 bridgehead atoms. The summed E-state index contributed by atoms with van der Waals surface area (Å²) in [6.45, 7) is 17.6. The molecule has 97 valence electrons. The van der Waals surface area contributed by atoms with Crippen LogP contribution < -0.4 is 0 Å². The van der Waals surface area contributed by atoms with Crippen LogP contribution in [0, 0.1) is 0 Å². The maximum Gasteiger partial charge on any atom is 0 e. The molecule has 3 nitrogen and oxygen atoms in total. The van der Waals surface area contributed by atoms with Gasteiger partial charge in [0.25, 0.3) is 0 Å². The molecule has 0 aromatic carbocycles. The monoisotopic (exact) mass is 265 g/mol. The van der Waals surface area contributed by atoms with E-state index in [0.29, 0.717) is 0 Å². The molecule has 0 spiro atoms. The molecule has 0 aliphatic rings. The Bertz CT molecular complexity index is 111. The van der Waals surface area contributed by atoms with Crippen molar-refractivity contribution in [3.05, 3.63) is 5.32 Å². The van der Waals surface area contributed by atoms with Crippen LogP contribution in [0.5, 0.6) is 0 Å². The van der Waals surface area contributed by atoms with Crippen LogP contribution in [0.3, 0.4) is 0 Å². The van der Waals surface area contributed by atoms with Crippen molar-refractivity contribution in [1.29, 1.82) is 0 Å². The molecule has 0 aliphatic heterocycles. The SMILES string of the molecule is CCN(CC)CC[N-]CCN(CC)CC.[V]. The Morgan fingerprint density at radius 2 is 1.00 bits per heavy atom. The number of hydrogen-bond donors (Lipinski definition) is 0. The van der Waals surface area contributed by atoms with Gasteiger partial charge in [-0.15, -0.1) is 13.1 Å². The van der Waals surface area contributed by atoms with E-state index in [4.69, 9.17) is 0 Å². The first kappa shape index (κ1) is 18.8.